The summed E-state index contributed by atoms with van der Waals surface area (Å²) < 4.78 is 15.1. The Morgan fingerprint density at radius 1 is 0.889 bits per heavy atom. The number of benzene rings is 1. The van der Waals surface area contributed by atoms with Crippen molar-refractivity contribution in [3.63, 3.8) is 0 Å². The molecule has 1 rings (SSSR count). The summed E-state index contributed by atoms with van der Waals surface area (Å²) in [7, 11) is 0. The number of ketones is 1. The van der Waals surface area contributed by atoms with Crippen LogP contribution in [0.1, 0.15) is 31.1 Å². The van der Waals surface area contributed by atoms with E-state index in [9.17, 15) is 19.2 Å². The van der Waals surface area contributed by atoms with Crippen molar-refractivity contribution in [1.29, 1.82) is 0 Å². The highest BCUT2D eigenvalue weighted by Gasteiger charge is 2.26. The lowest BCUT2D eigenvalue weighted by molar-refractivity contribution is -0.169. The molecule has 2 atom stereocenters. The van der Waals surface area contributed by atoms with Crippen molar-refractivity contribution in [1.82, 2.24) is 0 Å². The Bertz CT molecular complexity index is 719. The Morgan fingerprint density at radius 2 is 1.52 bits per heavy atom. The van der Waals surface area contributed by atoms with E-state index < -0.39 is 30.1 Å². The highest BCUT2D eigenvalue weighted by Crippen LogP contribution is 2.10. The Morgan fingerprint density at radius 3 is 2.07 bits per heavy atom. The molecule has 0 saturated heterocycles. The molecule has 0 amide bonds. The SMILES string of the molecule is CC(=O)OC[C@@H](OC(C)=O)[C@@H](/C=C/C=C/C(=O)c1ccccc1)OC(C)=O. The normalized spacial score (nSPS) is 13.1. The van der Waals surface area contributed by atoms with Crippen LogP contribution in [0.5, 0.6) is 0 Å². The molecule has 0 spiro atoms. The zero-order valence-electron chi connectivity index (χ0n) is 15.4. The lowest BCUT2D eigenvalue weighted by Gasteiger charge is -2.23. The summed E-state index contributed by atoms with van der Waals surface area (Å²) in [5.74, 6) is -1.98. The molecule has 0 unspecified atom stereocenters. The predicted molar refractivity (Wildman–Crippen MR) is 96.8 cm³/mol. The third-order valence-corrected chi connectivity index (χ3v) is 3.15. The van der Waals surface area contributed by atoms with Gasteiger partial charge in [0, 0.05) is 26.3 Å². The van der Waals surface area contributed by atoms with Crippen molar-refractivity contribution in [2.24, 2.45) is 0 Å². The maximum Gasteiger partial charge on any atom is 0.303 e. The van der Waals surface area contributed by atoms with E-state index in [1.807, 2.05) is 6.07 Å². The van der Waals surface area contributed by atoms with E-state index in [4.69, 9.17) is 14.2 Å². The van der Waals surface area contributed by atoms with E-state index in [-0.39, 0.29) is 12.4 Å². The monoisotopic (exact) mass is 374 g/mol. The van der Waals surface area contributed by atoms with Gasteiger partial charge in [-0.3, -0.25) is 19.2 Å². The average Bonchev–Trinajstić information content (AvgIpc) is 2.61. The average molecular weight is 374 g/mol. The largest absolute Gasteiger partial charge is 0.462 e. The summed E-state index contributed by atoms with van der Waals surface area (Å²) in [6.07, 6.45) is 3.75. The molecule has 0 fully saturated rings. The summed E-state index contributed by atoms with van der Waals surface area (Å²) in [5, 5.41) is 0. The van der Waals surface area contributed by atoms with Crippen LogP contribution in [0.25, 0.3) is 0 Å². The van der Waals surface area contributed by atoms with Gasteiger partial charge in [0.25, 0.3) is 0 Å². The van der Waals surface area contributed by atoms with Gasteiger partial charge in [0.1, 0.15) is 6.61 Å². The molecule has 1 aromatic carbocycles. The smallest absolute Gasteiger partial charge is 0.303 e. The second-order valence-electron chi connectivity index (χ2n) is 5.50. The lowest BCUT2D eigenvalue weighted by atomic mass is 10.1. The Kier molecular flexibility index (Phi) is 9.22. The van der Waals surface area contributed by atoms with Gasteiger partial charge in [0.15, 0.2) is 18.0 Å². The van der Waals surface area contributed by atoms with Gasteiger partial charge in [-0.05, 0) is 12.2 Å². The fraction of sp³-hybridized carbons (Fsp3) is 0.300. The van der Waals surface area contributed by atoms with E-state index in [1.54, 1.807) is 24.3 Å². The fourth-order valence-electron chi connectivity index (χ4n) is 2.05. The first-order chi connectivity index (χ1) is 12.8. The number of allylic oxidation sites excluding steroid dienone is 3. The number of rotatable bonds is 9. The van der Waals surface area contributed by atoms with Crippen LogP contribution in [-0.2, 0) is 28.6 Å². The van der Waals surface area contributed by atoms with Gasteiger partial charge < -0.3 is 14.2 Å². The van der Waals surface area contributed by atoms with Crippen molar-refractivity contribution in [3.05, 3.63) is 60.2 Å². The summed E-state index contributed by atoms with van der Waals surface area (Å²) >= 11 is 0. The number of hydrogen-bond donors (Lipinski definition) is 0. The summed E-state index contributed by atoms with van der Waals surface area (Å²) in [6.45, 7) is 3.32. The van der Waals surface area contributed by atoms with Gasteiger partial charge in [-0.15, -0.1) is 0 Å². The van der Waals surface area contributed by atoms with E-state index in [0.29, 0.717) is 5.56 Å². The van der Waals surface area contributed by atoms with Crippen molar-refractivity contribution in [3.8, 4) is 0 Å². The van der Waals surface area contributed by atoms with E-state index >= 15 is 0 Å². The van der Waals surface area contributed by atoms with Crippen LogP contribution in [0, 0.1) is 0 Å². The number of hydrogen-bond acceptors (Lipinski definition) is 7. The molecule has 7 nitrogen and oxygen atoms in total. The Labute approximate surface area is 157 Å². The minimum atomic E-state index is -1.01. The van der Waals surface area contributed by atoms with Crippen LogP contribution in [0.3, 0.4) is 0 Å². The molecule has 0 aromatic heterocycles. The van der Waals surface area contributed by atoms with Gasteiger partial charge in [-0.1, -0.05) is 42.5 Å². The number of carbonyl (C=O) groups excluding carboxylic acids is 4. The first-order valence-electron chi connectivity index (χ1n) is 8.21. The van der Waals surface area contributed by atoms with Crippen LogP contribution in [0.4, 0.5) is 0 Å². The van der Waals surface area contributed by atoms with Crippen LogP contribution in [0.15, 0.2) is 54.6 Å². The molecule has 0 heterocycles. The second kappa shape index (κ2) is 11.4. The molecule has 0 aliphatic carbocycles. The quantitative estimate of drug-likeness (QED) is 0.215. The van der Waals surface area contributed by atoms with Gasteiger partial charge in [-0.2, -0.15) is 0 Å². The standard InChI is InChI=1S/C20H22O7/c1-14(21)25-13-20(27-16(3)23)19(26-15(2)22)12-8-7-11-18(24)17-9-5-4-6-10-17/h4-12,19-20H,13H2,1-3H3/b11-7+,12-8+/t19-,20-/m1/s1. The first kappa shape index (κ1) is 21.8. The van der Waals surface area contributed by atoms with Crippen molar-refractivity contribution in [2.75, 3.05) is 6.61 Å². The zero-order chi connectivity index (χ0) is 20.2. The summed E-state index contributed by atoms with van der Waals surface area (Å²) in [5.41, 5.74) is 0.534. The topological polar surface area (TPSA) is 96.0 Å². The number of ether oxygens (including phenoxy) is 3. The maximum atomic E-state index is 12.0. The predicted octanol–water partition coefficient (Wildman–Crippen LogP) is 2.41. The molecule has 0 aliphatic rings. The molecule has 0 radical (unpaired) electrons. The molecule has 27 heavy (non-hydrogen) atoms. The molecule has 1 aromatic rings. The molecule has 0 bridgehead atoms. The Balaban J connectivity index is 2.86. The Hall–Kier alpha value is -3.22. The van der Waals surface area contributed by atoms with Crippen molar-refractivity contribution < 1.29 is 33.4 Å². The van der Waals surface area contributed by atoms with Crippen LogP contribution < -0.4 is 0 Å². The van der Waals surface area contributed by atoms with Crippen molar-refractivity contribution in [2.45, 2.75) is 33.0 Å². The molecule has 0 N–H and O–H groups in total. The van der Waals surface area contributed by atoms with Gasteiger partial charge in [0.05, 0.1) is 0 Å². The number of esters is 3. The van der Waals surface area contributed by atoms with E-state index in [2.05, 4.69) is 0 Å². The lowest BCUT2D eigenvalue weighted by Crippen LogP contribution is -2.37. The minimum absolute atomic E-state index is 0.194. The van der Waals surface area contributed by atoms with Gasteiger partial charge in [0.2, 0.25) is 0 Å². The van der Waals surface area contributed by atoms with Crippen LogP contribution in [-0.4, -0.2) is 42.5 Å². The third-order valence-electron chi connectivity index (χ3n) is 3.15. The molecular formula is C20H22O7. The molecule has 0 saturated carbocycles. The second-order valence-corrected chi connectivity index (χ2v) is 5.50. The first-order valence-corrected chi connectivity index (χ1v) is 8.21. The molecular weight excluding hydrogens is 352 g/mol. The fourth-order valence-corrected chi connectivity index (χ4v) is 2.05. The summed E-state index contributed by atoms with van der Waals surface area (Å²) in [4.78, 5) is 45.6. The third kappa shape index (κ3) is 9.15. The molecule has 0 aliphatic heterocycles. The van der Waals surface area contributed by atoms with Crippen LogP contribution in [0.2, 0.25) is 0 Å². The maximum absolute atomic E-state index is 12.0. The number of carbonyl (C=O) groups is 4. The van der Waals surface area contributed by atoms with E-state index in [1.165, 1.54) is 45.1 Å². The van der Waals surface area contributed by atoms with Gasteiger partial charge >= 0.3 is 17.9 Å². The molecule has 144 valence electrons. The van der Waals surface area contributed by atoms with Crippen molar-refractivity contribution >= 4 is 23.7 Å². The minimum Gasteiger partial charge on any atom is -0.462 e. The van der Waals surface area contributed by atoms with Gasteiger partial charge in [-0.25, -0.2) is 0 Å². The van der Waals surface area contributed by atoms with E-state index in [0.717, 1.165) is 0 Å². The van der Waals surface area contributed by atoms with Crippen LogP contribution >= 0.6 is 0 Å². The highest BCUT2D eigenvalue weighted by atomic mass is 16.6. The zero-order valence-corrected chi connectivity index (χ0v) is 15.4. The summed E-state index contributed by atoms with van der Waals surface area (Å²) in [6, 6.07) is 8.70. The molecule has 7 heteroatoms. The highest BCUT2D eigenvalue weighted by molar-refractivity contribution is 6.04.